The number of carbonyl (C=O) groups excluding carboxylic acids is 4. The van der Waals surface area contributed by atoms with Crippen molar-refractivity contribution in [2.24, 2.45) is 0 Å². The van der Waals surface area contributed by atoms with Crippen molar-refractivity contribution in [2.75, 3.05) is 13.7 Å². The van der Waals surface area contributed by atoms with Crippen molar-refractivity contribution in [3.8, 4) is 0 Å². The molecule has 0 bridgehead atoms. The van der Waals surface area contributed by atoms with Gasteiger partial charge in [-0.25, -0.2) is 4.79 Å². The summed E-state index contributed by atoms with van der Waals surface area (Å²) in [5.74, 6) is -1.87. The first-order valence-electron chi connectivity index (χ1n) is 10.3. The van der Waals surface area contributed by atoms with Crippen LogP contribution in [0.25, 0.3) is 10.8 Å². The highest BCUT2D eigenvalue weighted by molar-refractivity contribution is 6.25. The van der Waals surface area contributed by atoms with E-state index in [1.54, 1.807) is 24.3 Å². The normalized spacial score (nSPS) is 13.7. The molecular formula is C25H22N2O5. The third kappa shape index (κ3) is 4.09. The Bertz CT molecular complexity index is 1150. The van der Waals surface area contributed by atoms with Crippen molar-refractivity contribution in [3.63, 3.8) is 0 Å². The molecule has 32 heavy (non-hydrogen) atoms. The summed E-state index contributed by atoms with van der Waals surface area (Å²) in [5, 5.41) is 4.12. The lowest BCUT2D eigenvalue weighted by Gasteiger charge is -2.27. The molecule has 1 heterocycles. The highest BCUT2D eigenvalue weighted by atomic mass is 16.5. The summed E-state index contributed by atoms with van der Waals surface area (Å²) >= 11 is 0. The molecule has 3 amide bonds. The molecule has 1 atom stereocenters. The van der Waals surface area contributed by atoms with E-state index in [4.69, 9.17) is 4.74 Å². The van der Waals surface area contributed by atoms with Crippen molar-refractivity contribution < 1.29 is 23.9 Å². The van der Waals surface area contributed by atoms with Gasteiger partial charge in [0.25, 0.3) is 11.8 Å². The van der Waals surface area contributed by atoms with Gasteiger partial charge in [0.05, 0.1) is 7.11 Å². The van der Waals surface area contributed by atoms with Gasteiger partial charge >= 0.3 is 5.97 Å². The van der Waals surface area contributed by atoms with Crippen LogP contribution in [0.2, 0.25) is 0 Å². The zero-order valence-electron chi connectivity index (χ0n) is 17.5. The summed E-state index contributed by atoms with van der Waals surface area (Å²) in [6.07, 6.45) is 0.147. The SMILES string of the molecule is COC(=O)C(Cc1ccccc1)NC(=O)CCN1C(=O)c2cccc3cccc(c23)C1=O. The highest BCUT2D eigenvalue weighted by Crippen LogP contribution is 2.29. The van der Waals surface area contributed by atoms with Gasteiger partial charge < -0.3 is 10.1 Å². The topological polar surface area (TPSA) is 92.8 Å². The second kappa shape index (κ2) is 9.01. The molecule has 1 unspecified atom stereocenters. The number of nitrogens with zero attached hydrogens (tertiary/aromatic N) is 1. The predicted molar refractivity (Wildman–Crippen MR) is 118 cm³/mol. The summed E-state index contributed by atoms with van der Waals surface area (Å²) in [6.45, 7) is -0.0898. The summed E-state index contributed by atoms with van der Waals surface area (Å²) in [6, 6.07) is 19.0. The van der Waals surface area contributed by atoms with Crippen LogP contribution < -0.4 is 5.32 Å². The third-order valence-corrected chi connectivity index (χ3v) is 5.52. The van der Waals surface area contributed by atoms with Crippen molar-refractivity contribution in [2.45, 2.75) is 18.9 Å². The van der Waals surface area contributed by atoms with Crippen LogP contribution in [0.1, 0.15) is 32.7 Å². The van der Waals surface area contributed by atoms with Gasteiger partial charge in [0.15, 0.2) is 0 Å². The number of nitrogens with one attached hydrogen (secondary N) is 1. The second-order valence-corrected chi connectivity index (χ2v) is 7.55. The number of rotatable bonds is 7. The van der Waals surface area contributed by atoms with Crippen LogP contribution in [-0.4, -0.2) is 48.3 Å². The fourth-order valence-corrected chi connectivity index (χ4v) is 3.95. The number of amides is 3. The number of methoxy groups -OCH3 is 1. The Hall–Kier alpha value is -4.00. The molecule has 7 heteroatoms. The van der Waals surface area contributed by atoms with Crippen LogP contribution in [0.4, 0.5) is 0 Å². The third-order valence-electron chi connectivity index (χ3n) is 5.52. The lowest BCUT2D eigenvalue weighted by Crippen LogP contribution is -2.46. The van der Waals surface area contributed by atoms with E-state index in [2.05, 4.69) is 5.32 Å². The predicted octanol–water partition coefficient (Wildman–Crippen LogP) is 2.73. The molecule has 0 aliphatic carbocycles. The van der Waals surface area contributed by atoms with Gasteiger partial charge in [-0.1, -0.05) is 54.6 Å². The number of ether oxygens (including phenoxy) is 1. The Morgan fingerprint density at radius 1 is 0.906 bits per heavy atom. The largest absolute Gasteiger partial charge is 0.467 e. The minimum Gasteiger partial charge on any atom is -0.467 e. The smallest absolute Gasteiger partial charge is 0.328 e. The van der Waals surface area contributed by atoms with Crippen LogP contribution in [0.5, 0.6) is 0 Å². The molecule has 1 N–H and O–H groups in total. The summed E-state index contributed by atoms with van der Waals surface area (Å²) in [7, 11) is 1.26. The first kappa shape index (κ1) is 21.2. The number of carbonyl (C=O) groups is 4. The first-order chi connectivity index (χ1) is 15.5. The molecule has 0 aromatic heterocycles. The minimum absolute atomic E-state index is 0.0898. The Morgan fingerprint density at radius 2 is 1.53 bits per heavy atom. The summed E-state index contributed by atoms with van der Waals surface area (Å²) in [5.41, 5.74) is 1.75. The van der Waals surface area contributed by atoms with Gasteiger partial charge in [0.1, 0.15) is 6.04 Å². The lowest BCUT2D eigenvalue weighted by atomic mass is 9.94. The molecule has 0 saturated carbocycles. The molecule has 7 nitrogen and oxygen atoms in total. The average molecular weight is 430 g/mol. The van der Waals surface area contributed by atoms with Crippen LogP contribution in [0.15, 0.2) is 66.7 Å². The zero-order chi connectivity index (χ0) is 22.7. The van der Waals surface area contributed by atoms with E-state index in [0.29, 0.717) is 16.5 Å². The Balaban J connectivity index is 1.46. The number of hydrogen-bond acceptors (Lipinski definition) is 5. The number of hydrogen-bond donors (Lipinski definition) is 1. The van der Waals surface area contributed by atoms with E-state index in [0.717, 1.165) is 15.8 Å². The quantitative estimate of drug-likeness (QED) is 0.460. The molecule has 162 valence electrons. The van der Waals surface area contributed by atoms with Gasteiger partial charge in [-0.3, -0.25) is 19.3 Å². The molecule has 0 radical (unpaired) electrons. The maximum absolute atomic E-state index is 12.9. The van der Waals surface area contributed by atoms with Crippen LogP contribution in [0.3, 0.4) is 0 Å². The monoisotopic (exact) mass is 430 g/mol. The van der Waals surface area contributed by atoms with E-state index < -0.39 is 29.7 Å². The van der Waals surface area contributed by atoms with Gasteiger partial charge in [0, 0.05) is 35.9 Å². The molecular weight excluding hydrogens is 408 g/mol. The fraction of sp³-hybridized carbons (Fsp3) is 0.200. The van der Waals surface area contributed by atoms with Crippen molar-refractivity contribution in [1.29, 1.82) is 0 Å². The van der Waals surface area contributed by atoms with Gasteiger partial charge in [-0.15, -0.1) is 0 Å². The summed E-state index contributed by atoms with van der Waals surface area (Å²) in [4.78, 5) is 51.7. The minimum atomic E-state index is -0.864. The maximum atomic E-state index is 12.9. The lowest BCUT2D eigenvalue weighted by molar-refractivity contribution is -0.145. The van der Waals surface area contributed by atoms with E-state index in [1.807, 2.05) is 42.5 Å². The van der Waals surface area contributed by atoms with Gasteiger partial charge in [-0.2, -0.15) is 0 Å². The zero-order valence-corrected chi connectivity index (χ0v) is 17.5. The summed E-state index contributed by atoms with van der Waals surface area (Å²) < 4.78 is 4.81. The average Bonchev–Trinajstić information content (AvgIpc) is 2.82. The number of esters is 1. The first-order valence-corrected chi connectivity index (χ1v) is 10.3. The van der Waals surface area contributed by atoms with Gasteiger partial charge in [-0.05, 0) is 23.1 Å². The van der Waals surface area contributed by atoms with Gasteiger partial charge in [0.2, 0.25) is 5.91 Å². The molecule has 0 fully saturated rings. The molecule has 3 aromatic carbocycles. The second-order valence-electron chi connectivity index (χ2n) is 7.55. The van der Waals surface area contributed by atoms with Crippen molar-refractivity contribution in [1.82, 2.24) is 10.2 Å². The van der Waals surface area contributed by atoms with Crippen LogP contribution in [-0.2, 0) is 20.7 Å². The van der Waals surface area contributed by atoms with Crippen LogP contribution in [0, 0.1) is 0 Å². The maximum Gasteiger partial charge on any atom is 0.328 e. The molecule has 3 aromatic rings. The Morgan fingerprint density at radius 3 is 2.12 bits per heavy atom. The van der Waals surface area contributed by atoms with E-state index in [-0.39, 0.29) is 19.4 Å². The fourth-order valence-electron chi connectivity index (χ4n) is 3.95. The van der Waals surface area contributed by atoms with Crippen molar-refractivity contribution >= 4 is 34.5 Å². The number of imide groups is 1. The molecule has 0 saturated heterocycles. The van der Waals surface area contributed by atoms with E-state index in [1.165, 1.54) is 7.11 Å². The Labute approximate surface area is 185 Å². The van der Waals surface area contributed by atoms with E-state index >= 15 is 0 Å². The molecule has 0 spiro atoms. The molecule has 1 aliphatic heterocycles. The van der Waals surface area contributed by atoms with E-state index in [9.17, 15) is 19.2 Å². The highest BCUT2D eigenvalue weighted by Gasteiger charge is 2.33. The molecule has 4 rings (SSSR count). The van der Waals surface area contributed by atoms with Crippen LogP contribution >= 0.6 is 0 Å². The number of benzene rings is 3. The Kier molecular flexibility index (Phi) is 5.98. The molecule has 1 aliphatic rings. The van der Waals surface area contributed by atoms with Crippen molar-refractivity contribution in [3.05, 3.63) is 83.4 Å². The standard InChI is InChI=1S/C25H22N2O5/c1-32-25(31)20(15-16-7-3-2-4-8-16)26-21(28)13-14-27-23(29)18-11-5-9-17-10-6-12-19(22(17)18)24(27)30/h2-12,20H,13-15H2,1H3,(H,26,28).